The highest BCUT2D eigenvalue weighted by Crippen LogP contribution is 2.34. The Labute approximate surface area is 101 Å². The predicted octanol–water partition coefficient (Wildman–Crippen LogP) is 1.24. The fraction of sp³-hybridized carbons (Fsp3) is 0.727. The summed E-state index contributed by atoms with van der Waals surface area (Å²) < 4.78 is 1.92. The number of hydrogen-bond donors (Lipinski definition) is 1. The van der Waals surface area contributed by atoms with Crippen LogP contribution in [0.5, 0.6) is 0 Å². The molecule has 4 nitrogen and oxygen atoms in total. The summed E-state index contributed by atoms with van der Waals surface area (Å²) in [6, 6.07) is 0.482. The summed E-state index contributed by atoms with van der Waals surface area (Å²) >= 11 is 5.96. The lowest BCUT2D eigenvalue weighted by Crippen LogP contribution is -2.39. The van der Waals surface area contributed by atoms with Crippen LogP contribution in [0.1, 0.15) is 18.7 Å². The molecule has 1 saturated carbocycles. The molecule has 1 unspecified atom stereocenters. The van der Waals surface area contributed by atoms with Crippen LogP contribution in [0.25, 0.3) is 0 Å². The van der Waals surface area contributed by atoms with E-state index in [2.05, 4.69) is 16.9 Å². The van der Waals surface area contributed by atoms with Gasteiger partial charge in [0.05, 0.1) is 12.7 Å². The highest BCUT2D eigenvalue weighted by atomic mass is 35.5. The fourth-order valence-electron chi connectivity index (χ4n) is 2.12. The summed E-state index contributed by atoms with van der Waals surface area (Å²) in [6.07, 6.45) is 4.32. The molecular weight excluding hydrogens is 224 g/mol. The van der Waals surface area contributed by atoms with E-state index in [1.165, 1.54) is 12.8 Å². The number of rotatable bonds is 5. The summed E-state index contributed by atoms with van der Waals surface area (Å²) in [5.74, 6) is 1.78. The Morgan fingerprint density at radius 1 is 1.69 bits per heavy atom. The molecule has 0 bridgehead atoms. The van der Waals surface area contributed by atoms with Crippen molar-refractivity contribution in [1.82, 2.24) is 14.5 Å². The maximum atomic E-state index is 5.96. The van der Waals surface area contributed by atoms with Crippen LogP contribution in [-0.2, 0) is 13.6 Å². The number of halogens is 1. The van der Waals surface area contributed by atoms with Crippen LogP contribution in [0.4, 0.5) is 0 Å². The molecule has 0 saturated heterocycles. The third-order valence-corrected chi connectivity index (χ3v) is 3.74. The molecule has 0 aliphatic heterocycles. The van der Waals surface area contributed by atoms with Gasteiger partial charge in [-0.3, -0.25) is 4.90 Å². The molecule has 0 amide bonds. The SMILES string of the molecule is CN(Cc1ncc(Cl)n1C)C(CN)C1CC1. The lowest BCUT2D eigenvalue weighted by molar-refractivity contribution is 0.209. The van der Waals surface area contributed by atoms with Crippen molar-refractivity contribution in [1.29, 1.82) is 0 Å². The van der Waals surface area contributed by atoms with Gasteiger partial charge in [0.2, 0.25) is 0 Å². The van der Waals surface area contributed by atoms with Crippen molar-refractivity contribution in [3.63, 3.8) is 0 Å². The van der Waals surface area contributed by atoms with Crippen LogP contribution in [0.2, 0.25) is 5.15 Å². The third kappa shape index (κ3) is 2.39. The number of imidazole rings is 1. The zero-order valence-electron chi connectivity index (χ0n) is 9.86. The monoisotopic (exact) mass is 242 g/mol. The first kappa shape index (κ1) is 11.9. The van der Waals surface area contributed by atoms with E-state index >= 15 is 0 Å². The van der Waals surface area contributed by atoms with E-state index < -0.39 is 0 Å². The van der Waals surface area contributed by atoms with Crippen molar-refractivity contribution >= 4 is 11.6 Å². The molecule has 2 N–H and O–H groups in total. The second-order valence-electron chi connectivity index (χ2n) is 4.61. The van der Waals surface area contributed by atoms with E-state index in [4.69, 9.17) is 17.3 Å². The first-order chi connectivity index (χ1) is 7.63. The van der Waals surface area contributed by atoms with Crippen LogP contribution in [0.15, 0.2) is 6.20 Å². The largest absolute Gasteiger partial charge is 0.329 e. The predicted molar refractivity (Wildman–Crippen MR) is 65.3 cm³/mol. The molecule has 2 rings (SSSR count). The average molecular weight is 243 g/mol. The smallest absolute Gasteiger partial charge is 0.128 e. The Balaban J connectivity index is 2.00. The minimum absolute atomic E-state index is 0.482. The first-order valence-electron chi connectivity index (χ1n) is 5.70. The second kappa shape index (κ2) is 4.73. The number of nitrogens with two attached hydrogens (primary N) is 1. The zero-order valence-corrected chi connectivity index (χ0v) is 10.6. The Morgan fingerprint density at radius 2 is 2.38 bits per heavy atom. The van der Waals surface area contributed by atoms with Gasteiger partial charge < -0.3 is 10.3 Å². The van der Waals surface area contributed by atoms with Crippen LogP contribution in [-0.4, -0.2) is 34.1 Å². The van der Waals surface area contributed by atoms with E-state index in [1.807, 2.05) is 11.6 Å². The summed E-state index contributed by atoms with van der Waals surface area (Å²) in [7, 11) is 4.05. The van der Waals surface area contributed by atoms with Crippen LogP contribution in [0.3, 0.4) is 0 Å². The van der Waals surface area contributed by atoms with Crippen molar-refractivity contribution in [2.75, 3.05) is 13.6 Å². The van der Waals surface area contributed by atoms with Crippen LogP contribution >= 0.6 is 11.6 Å². The quantitative estimate of drug-likeness (QED) is 0.845. The van der Waals surface area contributed by atoms with Gasteiger partial charge in [0.15, 0.2) is 0 Å². The van der Waals surface area contributed by atoms with Gasteiger partial charge in [-0.05, 0) is 25.8 Å². The molecule has 1 atom stereocenters. The summed E-state index contributed by atoms with van der Waals surface area (Å²) in [4.78, 5) is 6.59. The molecule has 1 aromatic heterocycles. The van der Waals surface area contributed by atoms with Gasteiger partial charge >= 0.3 is 0 Å². The number of aromatic nitrogens is 2. The van der Waals surface area contributed by atoms with Gasteiger partial charge in [-0.15, -0.1) is 0 Å². The highest BCUT2D eigenvalue weighted by Gasteiger charge is 2.33. The molecule has 0 spiro atoms. The van der Waals surface area contributed by atoms with Gasteiger partial charge in [0.25, 0.3) is 0 Å². The van der Waals surface area contributed by atoms with E-state index in [-0.39, 0.29) is 0 Å². The summed E-state index contributed by atoms with van der Waals surface area (Å²) in [6.45, 7) is 1.53. The normalized spacial score (nSPS) is 18.1. The Kier molecular flexibility index (Phi) is 3.52. The van der Waals surface area contributed by atoms with Crippen molar-refractivity contribution in [2.24, 2.45) is 18.7 Å². The van der Waals surface area contributed by atoms with Crippen molar-refractivity contribution in [3.05, 3.63) is 17.2 Å². The standard InChI is InChI=1S/C11H19ClN4/c1-15(9(5-13)8-3-4-8)7-11-14-6-10(12)16(11)2/h6,8-9H,3-5,7,13H2,1-2H3. The molecule has 1 aliphatic carbocycles. The first-order valence-corrected chi connectivity index (χ1v) is 6.07. The van der Waals surface area contributed by atoms with E-state index in [9.17, 15) is 0 Å². The van der Waals surface area contributed by atoms with E-state index in [0.717, 1.165) is 24.8 Å². The van der Waals surface area contributed by atoms with E-state index in [1.54, 1.807) is 6.20 Å². The lowest BCUT2D eigenvalue weighted by Gasteiger charge is -2.26. The molecule has 16 heavy (non-hydrogen) atoms. The summed E-state index contributed by atoms with van der Waals surface area (Å²) in [5, 5.41) is 0.680. The molecule has 1 fully saturated rings. The van der Waals surface area contributed by atoms with Gasteiger partial charge in [-0.2, -0.15) is 0 Å². The molecule has 0 aromatic carbocycles. The van der Waals surface area contributed by atoms with Gasteiger partial charge in [-0.25, -0.2) is 4.98 Å². The summed E-state index contributed by atoms with van der Waals surface area (Å²) in [5.41, 5.74) is 5.82. The molecule has 1 aromatic rings. The molecular formula is C11H19ClN4. The maximum absolute atomic E-state index is 5.96. The number of nitrogens with zero attached hydrogens (tertiary/aromatic N) is 3. The highest BCUT2D eigenvalue weighted by molar-refractivity contribution is 6.29. The van der Waals surface area contributed by atoms with Crippen molar-refractivity contribution < 1.29 is 0 Å². The minimum atomic E-state index is 0.482. The van der Waals surface area contributed by atoms with Gasteiger partial charge in [-0.1, -0.05) is 11.6 Å². The Hall–Kier alpha value is -0.580. The molecule has 0 radical (unpaired) electrons. The van der Waals surface area contributed by atoms with Gasteiger partial charge in [0, 0.05) is 19.6 Å². The van der Waals surface area contributed by atoms with Crippen LogP contribution < -0.4 is 5.73 Å². The molecule has 5 heteroatoms. The topological polar surface area (TPSA) is 47.1 Å². The average Bonchev–Trinajstić information content (AvgIpc) is 3.03. The Bertz CT molecular complexity index is 359. The van der Waals surface area contributed by atoms with Crippen molar-refractivity contribution in [3.8, 4) is 0 Å². The van der Waals surface area contributed by atoms with Gasteiger partial charge in [0.1, 0.15) is 11.0 Å². The maximum Gasteiger partial charge on any atom is 0.128 e. The van der Waals surface area contributed by atoms with Crippen molar-refractivity contribution in [2.45, 2.75) is 25.4 Å². The second-order valence-corrected chi connectivity index (χ2v) is 5.00. The fourth-order valence-corrected chi connectivity index (χ4v) is 2.27. The minimum Gasteiger partial charge on any atom is -0.329 e. The molecule has 90 valence electrons. The lowest BCUT2D eigenvalue weighted by atomic mass is 10.1. The molecule has 1 aliphatic rings. The number of hydrogen-bond acceptors (Lipinski definition) is 3. The van der Waals surface area contributed by atoms with E-state index in [0.29, 0.717) is 11.2 Å². The zero-order chi connectivity index (χ0) is 11.7. The Morgan fingerprint density at radius 3 is 2.81 bits per heavy atom. The van der Waals surface area contributed by atoms with Crippen LogP contribution in [0, 0.1) is 5.92 Å². The third-order valence-electron chi connectivity index (χ3n) is 3.39. The number of likely N-dealkylation sites (N-methyl/N-ethyl adjacent to an activating group) is 1. The molecule has 1 heterocycles.